The molecule has 1 rings (SSSR count). The average molecular weight is 194 g/mol. The smallest absolute Gasteiger partial charge is 0.338 e. The van der Waals surface area contributed by atoms with Crippen molar-refractivity contribution in [3.8, 4) is 0 Å². The fraction of sp³-hybridized carbons (Fsp3) is 0.364. The molecule has 0 radical (unpaired) electrons. The number of hydrogen-bond donors (Lipinski definition) is 1. The first-order valence-corrected chi connectivity index (χ1v) is 4.50. The Kier molecular flexibility index (Phi) is 3.65. The molecular formula is C11H14O3. The Morgan fingerprint density at radius 3 is 2.64 bits per heavy atom. The first kappa shape index (κ1) is 10.7. The summed E-state index contributed by atoms with van der Waals surface area (Å²) >= 11 is 0. The molecule has 0 aromatic heterocycles. The maximum absolute atomic E-state index is 11.3. The molecule has 0 bridgehead atoms. The van der Waals surface area contributed by atoms with Crippen LogP contribution in [0.1, 0.15) is 21.5 Å². The van der Waals surface area contributed by atoms with Crippen molar-refractivity contribution in [3.63, 3.8) is 0 Å². The molecule has 0 amide bonds. The maximum atomic E-state index is 11.3. The van der Waals surface area contributed by atoms with Gasteiger partial charge in [0.05, 0.1) is 12.2 Å². The van der Waals surface area contributed by atoms with Crippen LogP contribution in [0.25, 0.3) is 0 Å². The number of ether oxygens (including phenoxy) is 1. The van der Waals surface area contributed by atoms with Gasteiger partial charge in [0.1, 0.15) is 6.61 Å². The molecule has 0 heterocycles. The van der Waals surface area contributed by atoms with Crippen LogP contribution >= 0.6 is 0 Å². The lowest BCUT2D eigenvalue weighted by Crippen LogP contribution is -2.09. The number of carbonyl (C=O) groups excluding carboxylic acids is 1. The van der Waals surface area contributed by atoms with Gasteiger partial charge in [0.15, 0.2) is 0 Å². The predicted octanol–water partition coefficient (Wildman–Crippen LogP) is 1.45. The van der Waals surface area contributed by atoms with E-state index in [0.29, 0.717) is 5.56 Å². The SMILES string of the molecule is Cc1ccc(C(=O)OCCO)cc1C. The fourth-order valence-electron chi connectivity index (χ4n) is 1.09. The molecule has 0 aliphatic carbocycles. The summed E-state index contributed by atoms with van der Waals surface area (Å²) in [6, 6.07) is 5.39. The zero-order chi connectivity index (χ0) is 10.6. The molecule has 1 aromatic rings. The number of carbonyl (C=O) groups is 1. The molecule has 0 saturated carbocycles. The van der Waals surface area contributed by atoms with Crippen molar-refractivity contribution < 1.29 is 14.6 Å². The number of hydrogen-bond acceptors (Lipinski definition) is 3. The monoisotopic (exact) mass is 194 g/mol. The van der Waals surface area contributed by atoms with Crippen molar-refractivity contribution in [1.82, 2.24) is 0 Å². The Morgan fingerprint density at radius 2 is 2.07 bits per heavy atom. The lowest BCUT2D eigenvalue weighted by molar-refractivity contribution is 0.0433. The van der Waals surface area contributed by atoms with Crippen molar-refractivity contribution in [3.05, 3.63) is 34.9 Å². The van der Waals surface area contributed by atoms with Crippen LogP contribution in [-0.2, 0) is 4.74 Å². The highest BCUT2D eigenvalue weighted by Gasteiger charge is 2.06. The normalized spacial score (nSPS) is 9.93. The van der Waals surface area contributed by atoms with E-state index in [1.165, 1.54) is 0 Å². The van der Waals surface area contributed by atoms with E-state index in [4.69, 9.17) is 9.84 Å². The van der Waals surface area contributed by atoms with Crippen LogP contribution in [0.4, 0.5) is 0 Å². The highest BCUT2D eigenvalue weighted by Crippen LogP contribution is 2.10. The lowest BCUT2D eigenvalue weighted by Gasteiger charge is -2.05. The first-order chi connectivity index (χ1) is 6.65. The summed E-state index contributed by atoms with van der Waals surface area (Å²) in [5, 5.41) is 8.48. The second-order valence-corrected chi connectivity index (χ2v) is 3.16. The summed E-state index contributed by atoms with van der Waals surface area (Å²) in [5.74, 6) is -0.387. The second kappa shape index (κ2) is 4.77. The van der Waals surface area contributed by atoms with E-state index in [1.807, 2.05) is 19.9 Å². The van der Waals surface area contributed by atoms with Crippen molar-refractivity contribution >= 4 is 5.97 Å². The molecule has 76 valence electrons. The van der Waals surface area contributed by atoms with Crippen LogP contribution in [0.5, 0.6) is 0 Å². The first-order valence-electron chi connectivity index (χ1n) is 4.50. The Morgan fingerprint density at radius 1 is 1.36 bits per heavy atom. The third-order valence-corrected chi connectivity index (χ3v) is 2.07. The molecular weight excluding hydrogens is 180 g/mol. The minimum Gasteiger partial charge on any atom is -0.460 e. The number of aryl methyl sites for hydroxylation is 2. The number of aliphatic hydroxyl groups excluding tert-OH is 1. The molecule has 0 atom stereocenters. The predicted molar refractivity (Wildman–Crippen MR) is 53.3 cm³/mol. The molecule has 0 fully saturated rings. The van der Waals surface area contributed by atoms with E-state index >= 15 is 0 Å². The molecule has 14 heavy (non-hydrogen) atoms. The minimum atomic E-state index is -0.387. The van der Waals surface area contributed by atoms with E-state index in [2.05, 4.69) is 0 Å². The summed E-state index contributed by atoms with van der Waals surface area (Å²) in [4.78, 5) is 11.3. The van der Waals surface area contributed by atoms with E-state index in [1.54, 1.807) is 12.1 Å². The van der Waals surface area contributed by atoms with Gasteiger partial charge in [-0.15, -0.1) is 0 Å². The number of benzene rings is 1. The molecule has 0 saturated heterocycles. The zero-order valence-electron chi connectivity index (χ0n) is 8.41. The van der Waals surface area contributed by atoms with Crippen LogP contribution in [0.2, 0.25) is 0 Å². The van der Waals surface area contributed by atoms with Gasteiger partial charge in [-0.2, -0.15) is 0 Å². The molecule has 0 spiro atoms. The standard InChI is InChI=1S/C11H14O3/c1-8-3-4-10(7-9(8)2)11(13)14-6-5-12/h3-4,7,12H,5-6H2,1-2H3. The van der Waals surface area contributed by atoms with E-state index in [9.17, 15) is 4.79 Å². The van der Waals surface area contributed by atoms with Gasteiger partial charge in [-0.3, -0.25) is 0 Å². The zero-order valence-corrected chi connectivity index (χ0v) is 8.41. The highest BCUT2D eigenvalue weighted by atomic mass is 16.5. The third kappa shape index (κ3) is 2.57. The second-order valence-electron chi connectivity index (χ2n) is 3.16. The Labute approximate surface area is 83.3 Å². The van der Waals surface area contributed by atoms with Crippen molar-refractivity contribution in [2.45, 2.75) is 13.8 Å². The van der Waals surface area contributed by atoms with Gasteiger partial charge in [-0.1, -0.05) is 6.07 Å². The summed E-state index contributed by atoms with van der Waals surface area (Å²) in [6.45, 7) is 3.83. The molecule has 0 aliphatic rings. The Bertz CT molecular complexity index is 331. The largest absolute Gasteiger partial charge is 0.460 e. The van der Waals surface area contributed by atoms with E-state index in [0.717, 1.165) is 11.1 Å². The fourth-order valence-corrected chi connectivity index (χ4v) is 1.09. The molecule has 0 unspecified atom stereocenters. The molecule has 0 aliphatic heterocycles. The topological polar surface area (TPSA) is 46.5 Å². The van der Waals surface area contributed by atoms with Gasteiger partial charge < -0.3 is 9.84 Å². The number of aliphatic hydroxyl groups is 1. The van der Waals surface area contributed by atoms with Crippen LogP contribution in [0.3, 0.4) is 0 Å². The third-order valence-electron chi connectivity index (χ3n) is 2.07. The van der Waals surface area contributed by atoms with Gasteiger partial charge in [-0.25, -0.2) is 4.79 Å². The molecule has 3 nitrogen and oxygen atoms in total. The highest BCUT2D eigenvalue weighted by molar-refractivity contribution is 5.89. The summed E-state index contributed by atoms with van der Waals surface area (Å²) in [7, 11) is 0. The van der Waals surface area contributed by atoms with Crippen molar-refractivity contribution in [2.24, 2.45) is 0 Å². The van der Waals surface area contributed by atoms with E-state index < -0.39 is 0 Å². The maximum Gasteiger partial charge on any atom is 0.338 e. The van der Waals surface area contributed by atoms with Crippen molar-refractivity contribution in [2.75, 3.05) is 13.2 Å². The number of rotatable bonds is 3. The summed E-state index contributed by atoms with van der Waals surface area (Å²) in [5.41, 5.74) is 2.73. The average Bonchev–Trinajstić information content (AvgIpc) is 2.18. The molecule has 1 aromatic carbocycles. The van der Waals surface area contributed by atoms with Gasteiger partial charge in [0.25, 0.3) is 0 Å². The van der Waals surface area contributed by atoms with E-state index in [-0.39, 0.29) is 19.2 Å². The summed E-state index contributed by atoms with van der Waals surface area (Å²) < 4.78 is 4.78. The molecule has 3 heteroatoms. The van der Waals surface area contributed by atoms with Gasteiger partial charge in [-0.05, 0) is 37.1 Å². The Balaban J connectivity index is 2.76. The Hall–Kier alpha value is -1.35. The van der Waals surface area contributed by atoms with Gasteiger partial charge in [0.2, 0.25) is 0 Å². The lowest BCUT2D eigenvalue weighted by atomic mass is 10.1. The van der Waals surface area contributed by atoms with Crippen molar-refractivity contribution in [1.29, 1.82) is 0 Å². The van der Waals surface area contributed by atoms with Crippen LogP contribution in [0, 0.1) is 13.8 Å². The van der Waals surface area contributed by atoms with Gasteiger partial charge >= 0.3 is 5.97 Å². The summed E-state index contributed by atoms with van der Waals surface area (Å²) in [6.07, 6.45) is 0. The van der Waals surface area contributed by atoms with Crippen LogP contribution < -0.4 is 0 Å². The minimum absolute atomic E-state index is 0.0474. The number of esters is 1. The van der Waals surface area contributed by atoms with Crippen LogP contribution in [-0.4, -0.2) is 24.3 Å². The van der Waals surface area contributed by atoms with Crippen LogP contribution in [0.15, 0.2) is 18.2 Å². The van der Waals surface area contributed by atoms with Gasteiger partial charge in [0, 0.05) is 0 Å². The quantitative estimate of drug-likeness (QED) is 0.741. The molecule has 1 N–H and O–H groups in total.